The summed E-state index contributed by atoms with van der Waals surface area (Å²) in [6.45, 7) is 2.06. The Labute approximate surface area is 34.2 Å². The quantitative estimate of drug-likeness (QED) is 0.495. The summed E-state index contributed by atoms with van der Waals surface area (Å²) in [6, 6.07) is 0. The molecule has 0 saturated carbocycles. The van der Waals surface area contributed by atoms with E-state index in [-0.39, 0.29) is 0 Å². The van der Waals surface area contributed by atoms with E-state index in [1.165, 1.54) is 0 Å². The fourth-order valence-electron chi connectivity index (χ4n) is 0.112. The van der Waals surface area contributed by atoms with Crippen LogP contribution in [0.2, 0.25) is 0 Å². The Hall–Kier alpha value is 0.390. The van der Waals surface area contributed by atoms with Crippen LogP contribution in [0.15, 0.2) is 0 Å². The third-order valence-electron chi connectivity index (χ3n) is 0.362. The molecule has 0 aliphatic carbocycles. The first-order valence-electron chi connectivity index (χ1n) is 1.73. The van der Waals surface area contributed by atoms with Crippen LogP contribution in [0.4, 0.5) is 0 Å². The molecule has 32 valence electrons. The lowest BCUT2D eigenvalue weighted by Crippen LogP contribution is -1.65. The van der Waals surface area contributed by atoms with Crippen LogP contribution < -0.4 is 0 Å². The zero-order valence-corrected chi connectivity index (χ0v) is 4.36. The van der Waals surface area contributed by atoms with Gasteiger partial charge in [-0.1, -0.05) is 15.5 Å². The first kappa shape index (κ1) is 5.39. The number of aliphatic hydroxyl groups excluding tert-OH is 1. The molecule has 1 unspecified atom stereocenters. The van der Waals surface area contributed by atoms with Gasteiger partial charge in [-0.3, -0.25) is 0 Å². The second-order valence-corrected chi connectivity index (χ2v) is 2.29. The van der Waals surface area contributed by atoms with Crippen LogP contribution in [0.1, 0.15) is 6.92 Å². The summed E-state index contributed by atoms with van der Waals surface area (Å²) in [6.07, 6.45) is 1.49. The highest BCUT2D eigenvalue weighted by Crippen LogP contribution is 2.02. The minimum atomic E-state index is 0.372. The van der Waals surface area contributed by atoms with Gasteiger partial charge in [-0.25, -0.2) is 0 Å². The van der Waals surface area contributed by atoms with Gasteiger partial charge in [-0.05, 0) is 6.16 Å². The molecule has 0 bridgehead atoms. The maximum absolute atomic E-state index is 8.08. The summed E-state index contributed by atoms with van der Waals surface area (Å²) in [4.78, 5) is 0. The van der Waals surface area contributed by atoms with Crippen LogP contribution in [0.25, 0.3) is 0 Å². The van der Waals surface area contributed by atoms with Crippen LogP contribution in [0.3, 0.4) is 0 Å². The smallest absolute Gasteiger partial charge is 0.0595 e. The molecule has 0 aliphatic rings. The Bertz CT molecular complexity index is 14.4. The van der Waals surface area contributed by atoms with Crippen molar-refractivity contribution < 1.29 is 5.11 Å². The highest BCUT2D eigenvalue weighted by molar-refractivity contribution is 7.37. The third-order valence-corrected chi connectivity index (χ3v) is 1.09. The molecule has 0 saturated heterocycles. The van der Waals surface area contributed by atoms with Gasteiger partial charge in [0.05, 0.1) is 6.35 Å². The summed E-state index contributed by atoms with van der Waals surface area (Å²) in [5.74, 6) is 0. The summed E-state index contributed by atoms with van der Waals surface area (Å²) >= 11 is 0. The maximum Gasteiger partial charge on any atom is 0.0595 e. The fraction of sp³-hybridized carbons (Fsp3) is 1.00. The molecule has 0 aromatic rings. The van der Waals surface area contributed by atoms with E-state index >= 15 is 0 Å². The van der Waals surface area contributed by atoms with E-state index < -0.39 is 0 Å². The lowest BCUT2D eigenvalue weighted by molar-refractivity contribution is 0.372. The van der Waals surface area contributed by atoms with Crippen LogP contribution in [-0.4, -0.2) is 17.6 Å². The van der Waals surface area contributed by atoms with Crippen molar-refractivity contribution in [3.63, 3.8) is 0 Å². The molecule has 0 fully saturated rings. The predicted molar refractivity (Wildman–Crippen MR) is 25.9 cm³/mol. The lowest BCUT2D eigenvalue weighted by atomic mass is 11.0. The monoisotopic (exact) mass is 92.0 g/mol. The number of hydrogen-bond acceptors (Lipinski definition) is 1. The SMILES string of the molecule is CCPCO. The second kappa shape index (κ2) is 4.39. The number of rotatable bonds is 2. The largest absolute Gasteiger partial charge is 0.392 e. The van der Waals surface area contributed by atoms with E-state index in [0.29, 0.717) is 6.35 Å². The van der Waals surface area contributed by atoms with E-state index in [9.17, 15) is 0 Å². The van der Waals surface area contributed by atoms with Crippen molar-refractivity contribution in [2.75, 3.05) is 12.5 Å². The molecule has 0 radical (unpaired) electrons. The van der Waals surface area contributed by atoms with Crippen molar-refractivity contribution in [2.45, 2.75) is 6.92 Å². The zero-order chi connectivity index (χ0) is 4.12. The molecule has 0 spiro atoms. The Morgan fingerprint density at radius 3 is 2.40 bits per heavy atom. The van der Waals surface area contributed by atoms with Crippen LogP contribution in [-0.2, 0) is 0 Å². The van der Waals surface area contributed by atoms with Gasteiger partial charge in [0.15, 0.2) is 0 Å². The third kappa shape index (κ3) is 4.39. The molecule has 1 atom stereocenters. The van der Waals surface area contributed by atoms with Gasteiger partial charge in [0, 0.05) is 0 Å². The van der Waals surface area contributed by atoms with E-state index in [1.54, 1.807) is 0 Å². The second-order valence-electron chi connectivity index (χ2n) is 0.762. The van der Waals surface area contributed by atoms with E-state index in [2.05, 4.69) is 6.92 Å². The molecule has 5 heavy (non-hydrogen) atoms. The van der Waals surface area contributed by atoms with Crippen molar-refractivity contribution in [3.8, 4) is 0 Å². The first-order valence-corrected chi connectivity index (χ1v) is 3.14. The average molecular weight is 92.1 g/mol. The molecule has 0 amide bonds. The summed E-state index contributed by atoms with van der Waals surface area (Å²) in [7, 11) is 0.753. The zero-order valence-electron chi connectivity index (χ0n) is 3.36. The Kier molecular flexibility index (Phi) is 4.73. The fourth-order valence-corrected chi connectivity index (χ4v) is 0.335. The summed E-state index contributed by atoms with van der Waals surface area (Å²) in [5.41, 5.74) is 0. The van der Waals surface area contributed by atoms with Crippen LogP contribution in [0, 0.1) is 0 Å². The summed E-state index contributed by atoms with van der Waals surface area (Å²) < 4.78 is 0. The Morgan fingerprint density at radius 2 is 2.40 bits per heavy atom. The Morgan fingerprint density at radius 1 is 1.80 bits per heavy atom. The van der Waals surface area contributed by atoms with Gasteiger partial charge in [-0.2, -0.15) is 0 Å². The number of hydrogen-bond donors (Lipinski definition) is 1. The number of aliphatic hydroxyl groups is 1. The molecule has 0 heterocycles. The van der Waals surface area contributed by atoms with Gasteiger partial charge >= 0.3 is 0 Å². The molecule has 2 heteroatoms. The first-order chi connectivity index (χ1) is 2.41. The average Bonchev–Trinajstić information content (AvgIpc) is 1.41. The highest BCUT2D eigenvalue weighted by atomic mass is 31.1. The highest BCUT2D eigenvalue weighted by Gasteiger charge is 1.67. The van der Waals surface area contributed by atoms with Crippen molar-refractivity contribution in [2.24, 2.45) is 0 Å². The van der Waals surface area contributed by atoms with Crippen LogP contribution in [0.5, 0.6) is 0 Å². The maximum atomic E-state index is 8.08. The predicted octanol–water partition coefficient (Wildman–Crippen LogP) is 0.635. The van der Waals surface area contributed by atoms with Gasteiger partial charge in [0.2, 0.25) is 0 Å². The normalized spacial score (nSPS) is 10.8. The van der Waals surface area contributed by atoms with E-state index in [0.717, 1.165) is 14.7 Å². The molecular formula is C3H9OP. The van der Waals surface area contributed by atoms with Crippen molar-refractivity contribution >= 4 is 8.58 Å². The topological polar surface area (TPSA) is 20.2 Å². The van der Waals surface area contributed by atoms with Gasteiger partial charge in [0.1, 0.15) is 0 Å². The molecular weight excluding hydrogens is 83.0 g/mol. The lowest BCUT2D eigenvalue weighted by Gasteiger charge is -1.80. The molecule has 1 N–H and O–H groups in total. The molecule has 1 nitrogen and oxygen atoms in total. The van der Waals surface area contributed by atoms with E-state index in [1.807, 2.05) is 0 Å². The minimum absolute atomic E-state index is 0.372. The minimum Gasteiger partial charge on any atom is -0.392 e. The standard InChI is InChI=1S/C3H9OP/c1-2-5-3-4/h4-5H,2-3H2,1H3. The van der Waals surface area contributed by atoms with Crippen molar-refractivity contribution in [1.82, 2.24) is 0 Å². The van der Waals surface area contributed by atoms with Gasteiger partial charge < -0.3 is 5.11 Å². The van der Waals surface area contributed by atoms with Crippen molar-refractivity contribution in [3.05, 3.63) is 0 Å². The molecule has 0 aromatic heterocycles. The molecule has 0 aliphatic heterocycles. The Balaban J connectivity index is 2.19. The molecule has 0 aromatic carbocycles. The summed E-state index contributed by atoms with van der Waals surface area (Å²) in [5, 5.41) is 8.08. The van der Waals surface area contributed by atoms with Crippen LogP contribution >= 0.6 is 8.58 Å². The molecule has 0 rings (SSSR count). The van der Waals surface area contributed by atoms with Crippen molar-refractivity contribution in [1.29, 1.82) is 0 Å². The van der Waals surface area contributed by atoms with Gasteiger partial charge in [0.25, 0.3) is 0 Å². The van der Waals surface area contributed by atoms with Gasteiger partial charge in [-0.15, -0.1) is 0 Å². The van der Waals surface area contributed by atoms with E-state index in [4.69, 9.17) is 5.11 Å².